The normalized spacial score (nSPS) is 11.7. The first kappa shape index (κ1) is 16.4. The molecule has 0 atom stereocenters. The minimum Gasteiger partial charge on any atom is -0.497 e. The van der Waals surface area contributed by atoms with E-state index in [1.165, 1.54) is 14.2 Å². The molecule has 2 aromatic rings. The molecule has 0 N–H and O–H groups in total. The summed E-state index contributed by atoms with van der Waals surface area (Å²) in [7, 11) is -1.17. The predicted molar refractivity (Wildman–Crippen MR) is 78.0 cm³/mol. The molecule has 0 saturated carbocycles. The van der Waals surface area contributed by atoms with Crippen LogP contribution in [0.15, 0.2) is 47.4 Å². The molecule has 0 fully saturated rings. The molecule has 0 aliphatic carbocycles. The van der Waals surface area contributed by atoms with E-state index in [4.69, 9.17) is 4.74 Å². The number of ether oxygens (including phenoxy) is 1. The topological polar surface area (TPSA) is 46.6 Å². The van der Waals surface area contributed by atoms with Crippen molar-refractivity contribution in [1.29, 1.82) is 0 Å². The summed E-state index contributed by atoms with van der Waals surface area (Å²) in [6, 6.07) is 9.22. The van der Waals surface area contributed by atoms with Gasteiger partial charge in [-0.05, 0) is 29.8 Å². The second kappa shape index (κ2) is 6.41. The summed E-state index contributed by atoms with van der Waals surface area (Å²) in [6.07, 6.45) is 0. The van der Waals surface area contributed by atoms with Crippen molar-refractivity contribution < 1.29 is 21.9 Å². The Balaban J connectivity index is 2.24. The van der Waals surface area contributed by atoms with E-state index in [9.17, 15) is 17.2 Å². The van der Waals surface area contributed by atoms with E-state index < -0.39 is 26.6 Å². The zero-order chi connectivity index (χ0) is 16.3. The summed E-state index contributed by atoms with van der Waals surface area (Å²) in [6.45, 7) is 0.0587. The van der Waals surface area contributed by atoms with Gasteiger partial charge in [0.15, 0.2) is 0 Å². The number of hydrogen-bond acceptors (Lipinski definition) is 3. The van der Waals surface area contributed by atoms with Gasteiger partial charge in [-0.25, -0.2) is 17.2 Å². The van der Waals surface area contributed by atoms with Gasteiger partial charge in [-0.15, -0.1) is 0 Å². The molecule has 4 nitrogen and oxygen atoms in total. The Morgan fingerprint density at radius 1 is 1.09 bits per heavy atom. The van der Waals surface area contributed by atoms with E-state index in [2.05, 4.69) is 0 Å². The molecule has 2 aromatic carbocycles. The van der Waals surface area contributed by atoms with Gasteiger partial charge in [0.1, 0.15) is 22.3 Å². The fraction of sp³-hybridized carbons (Fsp3) is 0.200. The number of methoxy groups -OCH3 is 1. The van der Waals surface area contributed by atoms with E-state index in [-0.39, 0.29) is 6.54 Å². The maximum atomic E-state index is 13.7. The van der Waals surface area contributed by atoms with Crippen molar-refractivity contribution in [2.75, 3.05) is 14.2 Å². The van der Waals surface area contributed by atoms with Crippen molar-refractivity contribution in [2.45, 2.75) is 11.4 Å². The van der Waals surface area contributed by atoms with Gasteiger partial charge in [-0.1, -0.05) is 12.1 Å². The van der Waals surface area contributed by atoms with Crippen molar-refractivity contribution in [3.05, 3.63) is 59.7 Å². The second-order valence-electron chi connectivity index (χ2n) is 4.68. The fourth-order valence-corrected chi connectivity index (χ4v) is 3.13. The Morgan fingerprint density at radius 3 is 2.27 bits per heavy atom. The third-order valence-corrected chi connectivity index (χ3v) is 4.98. The van der Waals surface area contributed by atoms with Crippen LogP contribution in [0.25, 0.3) is 0 Å². The van der Waals surface area contributed by atoms with Gasteiger partial charge in [0, 0.05) is 19.7 Å². The molecule has 7 heteroatoms. The van der Waals surface area contributed by atoms with Gasteiger partial charge >= 0.3 is 0 Å². The van der Waals surface area contributed by atoms with Crippen LogP contribution in [-0.4, -0.2) is 26.9 Å². The van der Waals surface area contributed by atoms with E-state index in [1.54, 1.807) is 24.3 Å². The Kier molecular flexibility index (Phi) is 4.77. The lowest BCUT2D eigenvalue weighted by Gasteiger charge is -2.18. The Hall–Kier alpha value is -1.99. The van der Waals surface area contributed by atoms with E-state index in [0.717, 1.165) is 22.0 Å². The first-order valence-electron chi connectivity index (χ1n) is 6.39. The summed E-state index contributed by atoms with van der Waals surface area (Å²) < 4.78 is 57.3. The third-order valence-electron chi connectivity index (χ3n) is 3.15. The highest BCUT2D eigenvalue weighted by Crippen LogP contribution is 2.21. The SMILES string of the molecule is COc1ccc(CN(C)S(=O)(=O)c2ccc(F)cc2F)cc1. The first-order valence-corrected chi connectivity index (χ1v) is 7.83. The Morgan fingerprint density at radius 2 is 1.73 bits per heavy atom. The summed E-state index contributed by atoms with van der Waals surface area (Å²) in [5, 5.41) is 0. The van der Waals surface area contributed by atoms with Gasteiger partial charge in [0.2, 0.25) is 10.0 Å². The van der Waals surface area contributed by atoms with Crippen LogP contribution >= 0.6 is 0 Å². The lowest BCUT2D eigenvalue weighted by Crippen LogP contribution is -2.27. The van der Waals surface area contributed by atoms with E-state index in [0.29, 0.717) is 11.8 Å². The molecule has 0 aliphatic rings. The quantitative estimate of drug-likeness (QED) is 0.848. The molecule has 0 heterocycles. The molecule has 0 saturated heterocycles. The molecular weight excluding hydrogens is 312 g/mol. The smallest absolute Gasteiger partial charge is 0.246 e. The molecule has 0 bridgehead atoms. The van der Waals surface area contributed by atoms with Crippen molar-refractivity contribution in [3.8, 4) is 5.75 Å². The highest BCUT2D eigenvalue weighted by molar-refractivity contribution is 7.89. The van der Waals surface area contributed by atoms with Gasteiger partial charge in [0.05, 0.1) is 7.11 Å². The van der Waals surface area contributed by atoms with Crippen LogP contribution in [0.3, 0.4) is 0 Å². The van der Waals surface area contributed by atoms with Crippen LogP contribution < -0.4 is 4.74 Å². The van der Waals surface area contributed by atoms with E-state index in [1.807, 2.05) is 0 Å². The molecule has 0 radical (unpaired) electrons. The average molecular weight is 327 g/mol. The fourth-order valence-electron chi connectivity index (χ4n) is 1.93. The molecule has 0 aromatic heterocycles. The summed E-state index contributed by atoms with van der Waals surface area (Å²) in [4.78, 5) is -0.551. The van der Waals surface area contributed by atoms with Crippen LogP contribution in [0.1, 0.15) is 5.56 Å². The van der Waals surface area contributed by atoms with Crippen LogP contribution in [0.5, 0.6) is 5.75 Å². The highest BCUT2D eigenvalue weighted by atomic mass is 32.2. The largest absolute Gasteiger partial charge is 0.497 e. The molecule has 0 amide bonds. The maximum Gasteiger partial charge on any atom is 0.246 e. The average Bonchev–Trinajstić information content (AvgIpc) is 2.47. The van der Waals surface area contributed by atoms with Gasteiger partial charge < -0.3 is 4.74 Å². The monoisotopic (exact) mass is 327 g/mol. The standard InChI is InChI=1S/C15H15F2NO3S/c1-18(10-11-3-6-13(21-2)7-4-11)22(19,20)15-8-5-12(16)9-14(15)17/h3-9H,10H2,1-2H3. The number of benzene rings is 2. The van der Waals surface area contributed by atoms with Gasteiger partial charge in [-0.2, -0.15) is 4.31 Å². The third kappa shape index (κ3) is 3.42. The number of hydrogen-bond donors (Lipinski definition) is 0. The van der Waals surface area contributed by atoms with Crippen LogP contribution in [-0.2, 0) is 16.6 Å². The second-order valence-corrected chi connectivity index (χ2v) is 6.70. The molecule has 0 unspecified atom stereocenters. The summed E-state index contributed by atoms with van der Waals surface area (Å²) >= 11 is 0. The molecule has 0 aliphatic heterocycles. The predicted octanol–water partition coefficient (Wildman–Crippen LogP) is 2.79. The minimum absolute atomic E-state index is 0.0587. The number of rotatable bonds is 5. The van der Waals surface area contributed by atoms with Gasteiger partial charge in [-0.3, -0.25) is 0 Å². The lowest BCUT2D eigenvalue weighted by molar-refractivity contribution is 0.414. The van der Waals surface area contributed by atoms with Crippen LogP contribution in [0.2, 0.25) is 0 Å². The van der Waals surface area contributed by atoms with Crippen molar-refractivity contribution in [1.82, 2.24) is 4.31 Å². The molecule has 22 heavy (non-hydrogen) atoms. The van der Waals surface area contributed by atoms with Crippen LogP contribution in [0.4, 0.5) is 8.78 Å². The molecular formula is C15H15F2NO3S. The highest BCUT2D eigenvalue weighted by Gasteiger charge is 2.24. The lowest BCUT2D eigenvalue weighted by atomic mass is 10.2. The zero-order valence-electron chi connectivity index (χ0n) is 12.1. The zero-order valence-corrected chi connectivity index (χ0v) is 12.9. The Labute approximate surface area is 128 Å². The van der Waals surface area contributed by atoms with Crippen molar-refractivity contribution in [2.24, 2.45) is 0 Å². The van der Waals surface area contributed by atoms with Gasteiger partial charge in [0.25, 0.3) is 0 Å². The number of nitrogens with zero attached hydrogens (tertiary/aromatic N) is 1. The maximum absolute atomic E-state index is 13.7. The number of halogens is 2. The van der Waals surface area contributed by atoms with Crippen LogP contribution in [0, 0.1) is 11.6 Å². The minimum atomic E-state index is -4.04. The van der Waals surface area contributed by atoms with E-state index >= 15 is 0 Å². The summed E-state index contributed by atoms with van der Waals surface area (Å²) in [5.41, 5.74) is 0.717. The molecule has 118 valence electrons. The van der Waals surface area contributed by atoms with Crippen molar-refractivity contribution >= 4 is 10.0 Å². The van der Waals surface area contributed by atoms with Crippen molar-refractivity contribution in [3.63, 3.8) is 0 Å². The number of sulfonamides is 1. The summed E-state index contributed by atoms with van der Waals surface area (Å²) in [5.74, 6) is -1.28. The molecule has 2 rings (SSSR count). The molecule has 0 spiro atoms. The Bertz CT molecular complexity index is 761. The first-order chi connectivity index (χ1) is 10.3.